The maximum atomic E-state index is 11.5. The van der Waals surface area contributed by atoms with E-state index in [0.717, 1.165) is 12.8 Å². The van der Waals surface area contributed by atoms with Crippen LogP contribution in [0.2, 0.25) is 0 Å². The fourth-order valence-electron chi connectivity index (χ4n) is 1.53. The third-order valence-electron chi connectivity index (χ3n) is 2.75. The van der Waals surface area contributed by atoms with Crippen LogP contribution in [0, 0.1) is 5.92 Å². The molecule has 0 aliphatic heterocycles. The van der Waals surface area contributed by atoms with Crippen molar-refractivity contribution in [2.24, 2.45) is 5.92 Å². The van der Waals surface area contributed by atoms with E-state index in [0.29, 0.717) is 11.3 Å². The summed E-state index contributed by atoms with van der Waals surface area (Å²) >= 11 is 0. The summed E-state index contributed by atoms with van der Waals surface area (Å²) < 4.78 is 4.56. The molecule has 100 valence electrons. The van der Waals surface area contributed by atoms with Crippen molar-refractivity contribution in [3.8, 4) is 0 Å². The number of urea groups is 1. The molecule has 1 aliphatic carbocycles. The van der Waals surface area contributed by atoms with E-state index in [1.165, 1.54) is 19.2 Å². The lowest BCUT2D eigenvalue weighted by molar-refractivity contribution is -0.121. The molecule has 0 bridgehead atoms. The number of hydrogen-bond acceptors (Lipinski definition) is 4. The van der Waals surface area contributed by atoms with Crippen LogP contribution in [0.3, 0.4) is 0 Å². The zero-order valence-corrected chi connectivity index (χ0v) is 10.4. The molecule has 0 spiro atoms. The Morgan fingerprint density at radius 2 is 1.79 bits per heavy atom. The molecule has 1 aliphatic rings. The number of ether oxygens (including phenoxy) is 1. The number of anilines is 1. The Kier molecular flexibility index (Phi) is 3.79. The monoisotopic (exact) mass is 262 g/mol. The first-order valence-electron chi connectivity index (χ1n) is 5.90. The van der Waals surface area contributed by atoms with Crippen molar-refractivity contribution in [3.63, 3.8) is 0 Å². The first-order valence-corrected chi connectivity index (χ1v) is 5.90. The summed E-state index contributed by atoms with van der Waals surface area (Å²) in [5, 5.41) is 4.77. The summed E-state index contributed by atoms with van der Waals surface area (Å²) in [6.07, 6.45) is 1.68. The highest BCUT2D eigenvalue weighted by atomic mass is 16.5. The number of esters is 1. The normalized spacial score (nSPS) is 13.5. The number of carbonyl (C=O) groups is 3. The average Bonchev–Trinajstić information content (AvgIpc) is 3.22. The molecular formula is C13H14N2O4. The van der Waals surface area contributed by atoms with Crippen LogP contribution in [-0.2, 0) is 9.53 Å². The lowest BCUT2D eigenvalue weighted by Gasteiger charge is -2.06. The van der Waals surface area contributed by atoms with E-state index >= 15 is 0 Å². The standard InChI is InChI=1S/C13H14N2O4/c1-19-12(17)9-4-6-10(7-5-9)14-13(18)15-11(16)8-2-3-8/h4-8H,2-3H2,1H3,(H2,14,15,16,18). The summed E-state index contributed by atoms with van der Waals surface area (Å²) in [5.74, 6) is -0.712. The van der Waals surface area contributed by atoms with Gasteiger partial charge >= 0.3 is 12.0 Å². The maximum Gasteiger partial charge on any atom is 0.337 e. The van der Waals surface area contributed by atoms with Crippen LogP contribution in [0.5, 0.6) is 0 Å². The molecule has 1 aromatic carbocycles. The van der Waals surface area contributed by atoms with Crippen molar-refractivity contribution in [2.75, 3.05) is 12.4 Å². The number of methoxy groups -OCH3 is 1. The second-order valence-electron chi connectivity index (χ2n) is 4.29. The molecule has 1 saturated carbocycles. The zero-order valence-electron chi connectivity index (χ0n) is 10.4. The fourth-order valence-corrected chi connectivity index (χ4v) is 1.53. The van der Waals surface area contributed by atoms with Crippen LogP contribution >= 0.6 is 0 Å². The number of amides is 3. The van der Waals surface area contributed by atoms with Gasteiger partial charge in [-0.3, -0.25) is 10.1 Å². The number of hydrogen-bond donors (Lipinski definition) is 2. The number of carbonyl (C=O) groups excluding carboxylic acids is 3. The van der Waals surface area contributed by atoms with Crippen molar-refractivity contribution in [3.05, 3.63) is 29.8 Å². The highest BCUT2D eigenvalue weighted by Crippen LogP contribution is 2.28. The van der Waals surface area contributed by atoms with E-state index in [2.05, 4.69) is 15.4 Å². The van der Waals surface area contributed by atoms with Crippen LogP contribution in [0.25, 0.3) is 0 Å². The number of rotatable bonds is 3. The molecule has 1 fully saturated rings. The molecule has 2 N–H and O–H groups in total. The SMILES string of the molecule is COC(=O)c1ccc(NC(=O)NC(=O)C2CC2)cc1. The minimum atomic E-state index is -0.567. The second-order valence-corrected chi connectivity index (χ2v) is 4.29. The first kappa shape index (κ1) is 13.1. The minimum Gasteiger partial charge on any atom is -0.465 e. The molecule has 0 heterocycles. The average molecular weight is 262 g/mol. The van der Waals surface area contributed by atoms with E-state index in [1.54, 1.807) is 12.1 Å². The third kappa shape index (κ3) is 3.54. The molecule has 0 radical (unpaired) electrons. The van der Waals surface area contributed by atoms with Crippen molar-refractivity contribution in [1.82, 2.24) is 5.32 Å². The van der Waals surface area contributed by atoms with Crippen molar-refractivity contribution in [1.29, 1.82) is 0 Å². The highest BCUT2D eigenvalue weighted by Gasteiger charge is 2.30. The summed E-state index contributed by atoms with van der Waals surface area (Å²) in [5.41, 5.74) is 0.885. The van der Waals surface area contributed by atoms with Gasteiger partial charge in [-0.2, -0.15) is 0 Å². The van der Waals surface area contributed by atoms with Crippen LogP contribution in [0.4, 0.5) is 10.5 Å². The Hall–Kier alpha value is -2.37. The van der Waals surface area contributed by atoms with E-state index in [-0.39, 0.29) is 11.8 Å². The van der Waals surface area contributed by atoms with Crippen molar-refractivity contribution >= 4 is 23.6 Å². The summed E-state index contributed by atoms with van der Waals surface area (Å²) in [4.78, 5) is 34.1. The molecule has 2 rings (SSSR count). The molecule has 0 saturated heterocycles. The molecule has 1 aromatic rings. The predicted octanol–water partition coefficient (Wildman–Crippen LogP) is 1.53. The summed E-state index contributed by atoms with van der Waals surface area (Å²) in [6.45, 7) is 0. The Balaban J connectivity index is 1.89. The predicted molar refractivity (Wildman–Crippen MR) is 67.7 cm³/mol. The topological polar surface area (TPSA) is 84.5 Å². The van der Waals surface area contributed by atoms with Gasteiger partial charge in [0.25, 0.3) is 0 Å². The van der Waals surface area contributed by atoms with Gasteiger partial charge in [0.1, 0.15) is 0 Å². The van der Waals surface area contributed by atoms with Gasteiger partial charge in [-0.1, -0.05) is 0 Å². The van der Waals surface area contributed by atoms with Gasteiger partial charge in [0.05, 0.1) is 12.7 Å². The molecular weight excluding hydrogens is 248 g/mol. The lowest BCUT2D eigenvalue weighted by atomic mass is 10.2. The van der Waals surface area contributed by atoms with E-state index in [4.69, 9.17) is 0 Å². The maximum absolute atomic E-state index is 11.5. The second kappa shape index (κ2) is 5.51. The highest BCUT2D eigenvalue weighted by molar-refractivity contribution is 6.02. The van der Waals surface area contributed by atoms with Gasteiger partial charge in [-0.25, -0.2) is 9.59 Å². The van der Waals surface area contributed by atoms with Gasteiger partial charge in [-0.05, 0) is 37.1 Å². The van der Waals surface area contributed by atoms with Gasteiger partial charge in [0, 0.05) is 11.6 Å². The minimum absolute atomic E-state index is 0.0209. The zero-order chi connectivity index (χ0) is 13.8. The fraction of sp³-hybridized carbons (Fsp3) is 0.308. The number of benzene rings is 1. The quantitative estimate of drug-likeness (QED) is 0.809. The molecule has 6 nitrogen and oxygen atoms in total. The van der Waals surface area contributed by atoms with E-state index in [1.807, 2.05) is 0 Å². The van der Waals surface area contributed by atoms with Crippen LogP contribution in [0.15, 0.2) is 24.3 Å². The van der Waals surface area contributed by atoms with Crippen LogP contribution in [0.1, 0.15) is 23.2 Å². The van der Waals surface area contributed by atoms with Gasteiger partial charge in [0.15, 0.2) is 0 Å². The Morgan fingerprint density at radius 3 is 2.32 bits per heavy atom. The Bertz CT molecular complexity index is 506. The summed E-state index contributed by atoms with van der Waals surface area (Å²) in [6, 6.07) is 5.62. The molecule has 0 aromatic heterocycles. The van der Waals surface area contributed by atoms with Gasteiger partial charge < -0.3 is 10.1 Å². The number of nitrogens with one attached hydrogen (secondary N) is 2. The van der Waals surface area contributed by atoms with Crippen molar-refractivity contribution < 1.29 is 19.1 Å². The lowest BCUT2D eigenvalue weighted by Crippen LogP contribution is -2.35. The van der Waals surface area contributed by atoms with Crippen LogP contribution < -0.4 is 10.6 Å². The third-order valence-corrected chi connectivity index (χ3v) is 2.75. The van der Waals surface area contributed by atoms with Crippen LogP contribution in [-0.4, -0.2) is 25.0 Å². The van der Waals surface area contributed by atoms with E-state index < -0.39 is 12.0 Å². The van der Waals surface area contributed by atoms with Gasteiger partial charge in [-0.15, -0.1) is 0 Å². The molecule has 3 amide bonds. The molecule has 6 heteroatoms. The van der Waals surface area contributed by atoms with E-state index in [9.17, 15) is 14.4 Å². The van der Waals surface area contributed by atoms with Gasteiger partial charge in [0.2, 0.25) is 5.91 Å². The summed E-state index contributed by atoms with van der Waals surface area (Å²) in [7, 11) is 1.30. The smallest absolute Gasteiger partial charge is 0.337 e. The van der Waals surface area contributed by atoms with Crippen molar-refractivity contribution in [2.45, 2.75) is 12.8 Å². The first-order chi connectivity index (χ1) is 9.10. The Labute approximate surface area is 110 Å². The molecule has 0 unspecified atom stereocenters. The molecule has 0 atom stereocenters. The largest absolute Gasteiger partial charge is 0.465 e. The number of imide groups is 1. The Morgan fingerprint density at radius 1 is 1.16 bits per heavy atom. The molecule has 19 heavy (non-hydrogen) atoms.